The van der Waals surface area contributed by atoms with E-state index in [1.807, 2.05) is 0 Å². The van der Waals surface area contributed by atoms with E-state index in [0.29, 0.717) is 4.57 Å². The summed E-state index contributed by atoms with van der Waals surface area (Å²) >= 11 is 2.91. The molecule has 72 valence electrons. The lowest BCUT2D eigenvalue weighted by Crippen LogP contribution is -1.95. The molecule has 2 rings (SSSR count). The van der Waals surface area contributed by atoms with Crippen molar-refractivity contribution < 1.29 is 15.1 Å². The maximum atomic E-state index is 8.11. The Morgan fingerprint density at radius 3 is 3.21 bits per heavy atom. The van der Waals surface area contributed by atoms with Crippen molar-refractivity contribution in [2.24, 2.45) is 0 Å². The van der Waals surface area contributed by atoms with Crippen LogP contribution in [0.1, 0.15) is 26.5 Å². The van der Waals surface area contributed by atoms with E-state index in [1.54, 1.807) is 0 Å². The number of hydrogen-bond donors (Lipinski definition) is 0. The average molecular weight is 262 g/mol. The highest BCUT2D eigenvalue weighted by atomic mass is 79.9. The van der Waals surface area contributed by atoms with Crippen molar-refractivity contribution in [2.75, 3.05) is 0 Å². The van der Waals surface area contributed by atoms with Crippen LogP contribution in [-0.4, -0.2) is 9.55 Å². The van der Waals surface area contributed by atoms with Gasteiger partial charge in [-0.1, -0.05) is 12.1 Å². The van der Waals surface area contributed by atoms with E-state index in [0.717, 1.165) is 0 Å². The van der Waals surface area contributed by atoms with Crippen LogP contribution in [0.15, 0.2) is 34.9 Å². The zero-order valence-electron chi connectivity index (χ0n) is 17.8. The van der Waals surface area contributed by atoms with Crippen LogP contribution in [0.2, 0.25) is 0 Å². The van der Waals surface area contributed by atoms with Crippen LogP contribution in [0.4, 0.5) is 0 Å². The van der Waals surface area contributed by atoms with Gasteiger partial charge in [0.25, 0.3) is 0 Å². The van der Waals surface area contributed by atoms with Gasteiger partial charge in [-0.2, -0.15) is 0 Å². The van der Waals surface area contributed by atoms with E-state index in [-0.39, 0.29) is 4.60 Å². The van der Waals surface area contributed by atoms with E-state index >= 15 is 0 Å². The number of aromatic nitrogens is 2. The van der Waals surface area contributed by atoms with E-state index < -0.39 is 61.1 Å². The summed E-state index contributed by atoms with van der Waals surface area (Å²) in [4.78, 5) is 3.70. The molecule has 2 nitrogen and oxygen atoms in total. The Bertz CT molecular complexity index is 850. The Hall–Kier alpha value is -1.09. The summed E-state index contributed by atoms with van der Waals surface area (Å²) in [6, 6.07) is -3.13. The Morgan fingerprint density at radius 1 is 1.50 bits per heavy atom. The van der Waals surface area contributed by atoms with E-state index in [9.17, 15) is 0 Å². The van der Waals surface area contributed by atoms with E-state index in [2.05, 4.69) is 20.9 Å². The Morgan fingerprint density at radius 2 is 2.43 bits per heavy atom. The number of imidazole rings is 1. The van der Waals surface area contributed by atoms with Gasteiger partial charge in [-0.3, -0.25) is 0 Å². The highest BCUT2D eigenvalue weighted by molar-refractivity contribution is 9.10. The van der Waals surface area contributed by atoms with Crippen LogP contribution in [-0.2, 0) is 0 Å². The van der Waals surface area contributed by atoms with E-state index in [4.69, 9.17) is 15.1 Å². The number of hydrogen-bond acceptors (Lipinski definition) is 1. The van der Waals surface area contributed by atoms with Crippen molar-refractivity contribution in [3.8, 4) is 5.69 Å². The lowest BCUT2D eigenvalue weighted by molar-refractivity contribution is 0.972. The molecule has 0 aliphatic carbocycles. The minimum Gasteiger partial charge on any atom is -0.303 e. The van der Waals surface area contributed by atoms with Crippen molar-refractivity contribution in [2.45, 2.75) is 13.7 Å². The van der Waals surface area contributed by atoms with Crippen LogP contribution in [0.5, 0.6) is 0 Å². The van der Waals surface area contributed by atoms with Crippen LogP contribution >= 0.6 is 15.9 Å². The third-order valence-electron chi connectivity index (χ3n) is 1.46. The van der Waals surface area contributed by atoms with Crippen LogP contribution < -0.4 is 0 Å². The van der Waals surface area contributed by atoms with Crippen molar-refractivity contribution in [1.29, 1.82) is 0 Å². The zero-order chi connectivity index (χ0) is 19.5. The number of nitrogens with zero attached hydrogens (tertiary/aromatic N) is 2. The molecule has 0 bridgehead atoms. The summed E-state index contributed by atoms with van der Waals surface area (Å²) in [6.45, 7) is -5.74. The molecule has 0 atom stereocenters. The first-order valence-corrected chi connectivity index (χ1v) is 4.35. The first-order chi connectivity index (χ1) is 11.2. The van der Waals surface area contributed by atoms with Gasteiger partial charge in [-0.25, -0.2) is 4.98 Å². The lowest BCUT2D eigenvalue weighted by Gasteiger charge is -2.04. The number of rotatable bonds is 1. The third-order valence-corrected chi connectivity index (χ3v) is 1.81. The molecule has 3 heteroatoms. The molecule has 1 aromatic carbocycles. The molecular weight excluding hydrogens is 240 g/mol. The summed E-state index contributed by atoms with van der Waals surface area (Å²) in [5, 5.41) is 0. The second-order valence-electron chi connectivity index (χ2n) is 2.40. The van der Waals surface area contributed by atoms with Crippen LogP contribution in [0, 0.1) is 13.7 Å². The summed E-state index contributed by atoms with van der Waals surface area (Å²) < 4.78 is 85.0. The molecule has 0 fully saturated rings. The van der Waals surface area contributed by atoms with Gasteiger partial charge in [0.1, 0.15) is 10.4 Å². The van der Waals surface area contributed by atoms with E-state index in [1.165, 1.54) is 0 Å². The molecule has 0 aliphatic heterocycles. The second kappa shape index (κ2) is 3.58. The minimum absolute atomic E-state index is 0.172. The summed E-state index contributed by atoms with van der Waals surface area (Å²) in [5.41, 5.74) is -1.37. The van der Waals surface area contributed by atoms with Gasteiger partial charge < -0.3 is 4.57 Å². The Balaban J connectivity index is 3.03. The van der Waals surface area contributed by atoms with Crippen LogP contribution in [0.25, 0.3) is 5.69 Å². The average Bonchev–Trinajstić information content (AvgIpc) is 2.72. The molecule has 0 N–H and O–H groups in total. The standard InChI is InChI=1S/C11H11BrN2/c1-8-4-3-5-10(6-8)14-7-11(12)13-9(14)2/h3-7H,1-2H3/i1D3,2D3,3D,4D,5D,6D,7D. The van der Waals surface area contributed by atoms with Crippen molar-refractivity contribution in [1.82, 2.24) is 9.55 Å². The quantitative estimate of drug-likeness (QED) is 0.771. The van der Waals surface area contributed by atoms with Crippen molar-refractivity contribution in [3.05, 3.63) is 46.3 Å². The molecule has 0 spiro atoms. The van der Waals surface area contributed by atoms with Crippen molar-refractivity contribution >= 4 is 15.9 Å². The first kappa shape index (κ1) is 2.95. The highest BCUT2D eigenvalue weighted by Crippen LogP contribution is 2.16. The molecule has 1 heterocycles. The predicted octanol–water partition coefficient (Wildman–Crippen LogP) is 3.25. The predicted molar refractivity (Wildman–Crippen MR) is 60.7 cm³/mol. The summed E-state index contributed by atoms with van der Waals surface area (Å²) in [6.07, 6.45) is -0.512. The fourth-order valence-corrected chi connectivity index (χ4v) is 1.27. The Labute approximate surface area is 107 Å². The van der Waals surface area contributed by atoms with Crippen molar-refractivity contribution in [3.63, 3.8) is 0 Å². The number of halogens is 1. The largest absolute Gasteiger partial charge is 0.303 e. The van der Waals surface area contributed by atoms with Gasteiger partial charge in [0, 0.05) is 20.1 Å². The smallest absolute Gasteiger partial charge is 0.124 e. The van der Waals surface area contributed by atoms with Crippen LogP contribution in [0.3, 0.4) is 0 Å². The lowest BCUT2D eigenvalue weighted by atomic mass is 10.2. The fraction of sp³-hybridized carbons (Fsp3) is 0.182. The number of benzene rings is 1. The first-order valence-electron chi connectivity index (χ1n) is 9.06. The maximum absolute atomic E-state index is 8.11. The molecule has 2 aromatic rings. The molecule has 0 saturated heterocycles. The molecule has 0 amide bonds. The number of aryl methyl sites for hydroxylation is 1. The van der Waals surface area contributed by atoms with Gasteiger partial charge in [-0.05, 0) is 47.3 Å². The van der Waals surface area contributed by atoms with Gasteiger partial charge in [0.15, 0.2) is 0 Å². The summed E-state index contributed by atoms with van der Waals surface area (Å²) in [5.74, 6) is -0.653. The van der Waals surface area contributed by atoms with Gasteiger partial charge in [-0.15, -0.1) is 0 Å². The monoisotopic (exact) mass is 261 g/mol. The molecule has 0 unspecified atom stereocenters. The Kier molecular flexibility index (Phi) is 0.754. The molecule has 0 aliphatic rings. The zero-order valence-corrected chi connectivity index (χ0v) is 8.36. The van der Waals surface area contributed by atoms with Gasteiger partial charge >= 0.3 is 0 Å². The van der Waals surface area contributed by atoms with Gasteiger partial charge in [0.2, 0.25) is 0 Å². The summed E-state index contributed by atoms with van der Waals surface area (Å²) in [7, 11) is 0. The SMILES string of the molecule is [2H]c1c([2H])c(-n2c(C([2H])([2H])[2H])nc(Br)c2[2H])c([2H])c(C([2H])([2H])[2H])c1[2H]. The normalized spacial score (nSPS) is 23.6. The maximum Gasteiger partial charge on any atom is 0.124 e. The molecule has 14 heavy (non-hydrogen) atoms. The third kappa shape index (κ3) is 1.73. The topological polar surface area (TPSA) is 17.8 Å². The fourth-order valence-electron chi connectivity index (χ4n) is 0.921. The minimum atomic E-state index is -2.92. The second-order valence-corrected chi connectivity index (χ2v) is 3.15. The molecule has 1 aromatic heterocycles. The molecular formula is C11H11BrN2. The molecule has 0 saturated carbocycles. The highest BCUT2D eigenvalue weighted by Gasteiger charge is 2.03. The van der Waals surface area contributed by atoms with Gasteiger partial charge in [0.05, 0.1) is 6.85 Å². The molecule has 0 radical (unpaired) electrons.